The van der Waals surface area contributed by atoms with Crippen molar-refractivity contribution in [2.24, 2.45) is 0 Å². The van der Waals surface area contributed by atoms with Gasteiger partial charge in [-0.3, -0.25) is 32.5 Å². The third kappa shape index (κ3) is 66.9. The Hall–Kier alpha value is -4.31. The van der Waals surface area contributed by atoms with Crippen molar-refractivity contribution >= 4 is 33.6 Å². The summed E-state index contributed by atoms with van der Waals surface area (Å²) in [6.07, 6.45) is 76.4. The zero-order chi connectivity index (χ0) is 66.7. The maximum absolute atomic E-state index is 12.9. The Kier molecular flexibility index (Phi) is 62.6. The van der Waals surface area contributed by atoms with E-state index < -0.39 is 91.5 Å². The first-order valence-corrected chi connectivity index (χ1v) is 37.5. The summed E-state index contributed by atoms with van der Waals surface area (Å²) in [6, 6.07) is 0. The van der Waals surface area contributed by atoms with E-state index in [2.05, 4.69) is 154 Å². The van der Waals surface area contributed by atoms with Gasteiger partial charge in [0.2, 0.25) is 0 Å². The first kappa shape index (κ1) is 86.7. The van der Waals surface area contributed by atoms with Gasteiger partial charge in [0.15, 0.2) is 6.10 Å². The van der Waals surface area contributed by atoms with Crippen molar-refractivity contribution in [1.29, 1.82) is 0 Å². The molecule has 0 rings (SSSR count). The number of carbonyl (C=O) groups is 3. The van der Waals surface area contributed by atoms with E-state index in [9.17, 15) is 43.5 Å². The molecule has 0 aliphatic rings. The number of aliphatic hydroxyl groups excluding tert-OH is 2. The van der Waals surface area contributed by atoms with Crippen LogP contribution in [0.1, 0.15) is 252 Å². The molecule has 0 radical (unpaired) electrons. The molecule has 0 aliphatic heterocycles. The number of aliphatic hydroxyl groups is 2. The molecule has 0 aromatic heterocycles. The standard InChI is InChI=1S/C73H122O16P2/c1-4-7-10-13-16-19-22-25-28-30-32-33-35-37-39-41-44-47-50-53-56-59-71(76)83-62-68(74)63-85-90(79,80)86-64-69(75)65-87-91(81,82)88-67-70(89-73(78)61-58-55-52-49-46-43-38-27-24-21-18-15-12-9-6-3)66-84-72(77)60-57-54-51-48-45-42-40-36-34-31-29-26-23-20-17-14-11-8-5-2/h7-8,10-11,16-17,19-20,25-29,32-34,36-39,44,47,68-70,74-75H,4-6,9,12-15,18,21-24,30-31,35,40-43,45-46,48-67H2,1-3H3,(H,79,80)(H,81,82)/b10-7-,11-8-,19-16-,20-17-,28-25-,29-26-,33-32-,36-34-,38-27-,39-37-,47-44-. The molecule has 520 valence electrons. The third-order valence-electron chi connectivity index (χ3n) is 13.8. The molecular formula is C73H122O16P2. The van der Waals surface area contributed by atoms with Crippen molar-refractivity contribution in [3.63, 3.8) is 0 Å². The van der Waals surface area contributed by atoms with E-state index in [0.29, 0.717) is 19.3 Å². The largest absolute Gasteiger partial charge is 0.472 e. The molecule has 91 heavy (non-hydrogen) atoms. The molecule has 18 heteroatoms. The van der Waals surface area contributed by atoms with E-state index in [1.807, 2.05) is 0 Å². The van der Waals surface area contributed by atoms with Gasteiger partial charge in [-0.25, -0.2) is 9.13 Å². The smallest absolute Gasteiger partial charge is 0.463 e. The Morgan fingerprint density at radius 2 is 0.582 bits per heavy atom. The van der Waals surface area contributed by atoms with Gasteiger partial charge in [0.25, 0.3) is 0 Å². The van der Waals surface area contributed by atoms with Crippen molar-refractivity contribution in [1.82, 2.24) is 0 Å². The molecule has 0 saturated carbocycles. The van der Waals surface area contributed by atoms with E-state index in [-0.39, 0.29) is 19.3 Å². The van der Waals surface area contributed by atoms with Crippen molar-refractivity contribution in [3.8, 4) is 0 Å². The van der Waals surface area contributed by atoms with Gasteiger partial charge >= 0.3 is 33.6 Å². The molecule has 0 aromatic rings. The highest BCUT2D eigenvalue weighted by atomic mass is 31.2. The highest BCUT2D eigenvalue weighted by molar-refractivity contribution is 7.47. The molecule has 0 saturated heterocycles. The number of ether oxygens (including phenoxy) is 3. The fourth-order valence-corrected chi connectivity index (χ4v) is 10.2. The molecule has 4 N–H and O–H groups in total. The molecule has 0 fully saturated rings. The normalized spacial score (nSPS) is 15.0. The summed E-state index contributed by atoms with van der Waals surface area (Å²) in [6.45, 7) is 2.34. The van der Waals surface area contributed by atoms with E-state index >= 15 is 0 Å². The molecule has 5 atom stereocenters. The number of carbonyl (C=O) groups excluding carboxylic acids is 3. The summed E-state index contributed by atoms with van der Waals surface area (Å²) in [4.78, 5) is 58.4. The van der Waals surface area contributed by atoms with Crippen LogP contribution >= 0.6 is 15.6 Å². The predicted molar refractivity (Wildman–Crippen MR) is 371 cm³/mol. The highest BCUT2D eigenvalue weighted by Crippen LogP contribution is 2.45. The van der Waals surface area contributed by atoms with Crippen molar-refractivity contribution < 1.29 is 75.8 Å². The summed E-state index contributed by atoms with van der Waals surface area (Å²) in [5, 5.41) is 20.5. The fourth-order valence-electron chi connectivity index (χ4n) is 8.62. The lowest BCUT2D eigenvalue weighted by Crippen LogP contribution is -2.30. The monoisotopic (exact) mass is 1320 g/mol. The van der Waals surface area contributed by atoms with Crippen molar-refractivity contribution in [2.75, 3.05) is 39.6 Å². The zero-order valence-electron chi connectivity index (χ0n) is 56.2. The van der Waals surface area contributed by atoms with Gasteiger partial charge in [0.05, 0.1) is 26.4 Å². The van der Waals surface area contributed by atoms with Crippen LogP contribution in [0.15, 0.2) is 134 Å². The average Bonchev–Trinajstić information content (AvgIpc) is 3.09. The Bertz CT molecular complexity index is 2190. The number of hydrogen-bond donors (Lipinski definition) is 4. The molecule has 0 amide bonds. The zero-order valence-corrected chi connectivity index (χ0v) is 58.0. The first-order valence-electron chi connectivity index (χ1n) is 34.5. The minimum atomic E-state index is -4.94. The number of rotatable bonds is 64. The number of hydrogen-bond acceptors (Lipinski definition) is 14. The van der Waals surface area contributed by atoms with Gasteiger partial charge in [0.1, 0.15) is 25.4 Å². The molecular weight excluding hydrogens is 1190 g/mol. The van der Waals surface area contributed by atoms with Crippen molar-refractivity contribution in [2.45, 2.75) is 270 Å². The Morgan fingerprint density at radius 3 is 0.956 bits per heavy atom. The van der Waals surface area contributed by atoms with Crippen LogP contribution in [-0.4, -0.2) is 95.9 Å². The SMILES string of the molecule is CC/C=C\C/C=C\C/C=C\C/C=C\C/C=C\C/C=C\CCCCC(=O)OCC(O)COP(=O)(O)OCC(O)COP(=O)(O)OCC(COC(=O)CCCCCCCC/C=C\C/C=C\C/C=C\C/C=C\CC)OC(=O)CCCCCCC/C=C\CCCCCCCC. The van der Waals surface area contributed by atoms with Gasteiger partial charge in [-0.2, -0.15) is 0 Å². The quantitative estimate of drug-likeness (QED) is 0.0146. The fraction of sp³-hybridized carbons (Fsp3) is 0.658. The lowest BCUT2D eigenvalue weighted by Gasteiger charge is -2.21. The van der Waals surface area contributed by atoms with Crippen LogP contribution < -0.4 is 0 Å². The Labute approximate surface area is 550 Å². The number of esters is 3. The number of allylic oxidation sites excluding steroid dienone is 22. The van der Waals surface area contributed by atoms with Gasteiger partial charge in [0, 0.05) is 19.3 Å². The summed E-state index contributed by atoms with van der Waals surface area (Å²) >= 11 is 0. The minimum absolute atomic E-state index is 0.0870. The summed E-state index contributed by atoms with van der Waals surface area (Å²) < 4.78 is 60.9. The number of unbranched alkanes of at least 4 members (excludes halogenated alkanes) is 19. The maximum atomic E-state index is 12.9. The van der Waals surface area contributed by atoms with Crippen LogP contribution in [0.3, 0.4) is 0 Å². The lowest BCUT2D eigenvalue weighted by atomic mass is 10.1. The van der Waals surface area contributed by atoms with Gasteiger partial charge in [-0.05, 0) is 135 Å². The second-order valence-corrected chi connectivity index (χ2v) is 25.5. The second kappa shape index (κ2) is 65.7. The van der Waals surface area contributed by atoms with Crippen LogP contribution in [0.4, 0.5) is 0 Å². The topological polar surface area (TPSA) is 231 Å². The molecule has 16 nitrogen and oxygen atoms in total. The molecule has 0 aromatic carbocycles. The van der Waals surface area contributed by atoms with Crippen LogP contribution in [0.2, 0.25) is 0 Å². The summed E-state index contributed by atoms with van der Waals surface area (Å²) in [5.74, 6) is -1.65. The summed E-state index contributed by atoms with van der Waals surface area (Å²) in [7, 11) is -9.80. The van der Waals surface area contributed by atoms with Gasteiger partial charge < -0.3 is 34.2 Å². The van der Waals surface area contributed by atoms with Gasteiger partial charge in [-0.15, -0.1) is 0 Å². The molecule has 0 heterocycles. The second-order valence-electron chi connectivity index (χ2n) is 22.6. The molecule has 0 bridgehead atoms. The number of phosphoric acid groups is 2. The molecule has 0 aliphatic carbocycles. The van der Waals surface area contributed by atoms with Gasteiger partial charge in [-0.1, -0.05) is 231 Å². The Balaban J connectivity index is 4.73. The highest BCUT2D eigenvalue weighted by Gasteiger charge is 2.29. The number of phosphoric ester groups is 2. The Morgan fingerprint density at radius 1 is 0.319 bits per heavy atom. The van der Waals surface area contributed by atoms with E-state index in [4.69, 9.17) is 32.3 Å². The molecule has 0 spiro atoms. The minimum Gasteiger partial charge on any atom is -0.463 e. The summed E-state index contributed by atoms with van der Waals surface area (Å²) in [5.41, 5.74) is 0. The maximum Gasteiger partial charge on any atom is 0.472 e. The van der Waals surface area contributed by atoms with Crippen LogP contribution in [-0.2, 0) is 55.8 Å². The van der Waals surface area contributed by atoms with Crippen molar-refractivity contribution in [3.05, 3.63) is 134 Å². The van der Waals surface area contributed by atoms with Crippen LogP contribution in [0, 0.1) is 0 Å². The van der Waals surface area contributed by atoms with E-state index in [1.165, 1.54) is 38.5 Å². The first-order chi connectivity index (χ1) is 44.2. The van der Waals surface area contributed by atoms with E-state index in [1.54, 1.807) is 0 Å². The molecule has 5 unspecified atom stereocenters. The van der Waals surface area contributed by atoms with Crippen LogP contribution in [0.25, 0.3) is 0 Å². The average molecular weight is 1320 g/mol. The predicted octanol–water partition coefficient (Wildman–Crippen LogP) is 19.2. The third-order valence-corrected chi connectivity index (χ3v) is 15.7. The van der Waals surface area contributed by atoms with Crippen LogP contribution in [0.5, 0.6) is 0 Å². The lowest BCUT2D eigenvalue weighted by molar-refractivity contribution is -0.161. The van der Waals surface area contributed by atoms with E-state index in [0.717, 1.165) is 154 Å².